The van der Waals surface area contributed by atoms with Gasteiger partial charge in [-0.15, -0.1) is 0 Å². The summed E-state index contributed by atoms with van der Waals surface area (Å²) in [5, 5.41) is 1.34. The maximum absolute atomic E-state index is 13.2. The summed E-state index contributed by atoms with van der Waals surface area (Å²) in [5.41, 5.74) is 2.48. The van der Waals surface area contributed by atoms with Crippen molar-refractivity contribution in [2.45, 2.75) is 31.4 Å². The van der Waals surface area contributed by atoms with Crippen molar-refractivity contribution >= 4 is 43.9 Å². The summed E-state index contributed by atoms with van der Waals surface area (Å²) in [4.78, 5) is 0. The van der Waals surface area contributed by atoms with Crippen molar-refractivity contribution < 1.29 is 8.78 Å². The van der Waals surface area contributed by atoms with Crippen LogP contribution in [-0.2, 0) is 6.04 Å². The smallest absolute Gasteiger partial charge is 0.123 e. The third-order valence-electron chi connectivity index (χ3n) is 4.30. The molecule has 23 heavy (non-hydrogen) atoms. The standard InChI is InChI=1S/C18H23F2ISi2/c1-22(2,12-15-4-6-16(19)7-5-15)14-23(3,13-21)18-10-8-17(20)9-11-18/h4-11H,12-14H2,1-3H3. The van der Waals surface area contributed by atoms with Gasteiger partial charge in [0.15, 0.2) is 0 Å². The molecule has 0 amide bonds. The third kappa shape index (κ3) is 5.22. The van der Waals surface area contributed by atoms with Crippen LogP contribution in [0.25, 0.3) is 0 Å². The van der Waals surface area contributed by atoms with Crippen LogP contribution in [0.4, 0.5) is 8.78 Å². The van der Waals surface area contributed by atoms with E-state index in [4.69, 9.17) is 0 Å². The molecule has 0 aromatic heterocycles. The molecule has 2 aromatic rings. The van der Waals surface area contributed by atoms with Crippen molar-refractivity contribution in [2.24, 2.45) is 0 Å². The molecule has 0 bridgehead atoms. The molecule has 0 nitrogen and oxygen atoms in total. The fourth-order valence-corrected chi connectivity index (χ4v) is 19.7. The number of hydrogen-bond acceptors (Lipinski definition) is 0. The van der Waals surface area contributed by atoms with Crippen molar-refractivity contribution in [3.05, 3.63) is 65.7 Å². The molecule has 2 rings (SSSR count). The lowest BCUT2D eigenvalue weighted by atomic mass is 10.2. The van der Waals surface area contributed by atoms with E-state index >= 15 is 0 Å². The van der Waals surface area contributed by atoms with Gasteiger partial charge in [-0.2, -0.15) is 0 Å². The molecule has 0 aliphatic rings. The number of hydrogen-bond donors (Lipinski definition) is 0. The minimum atomic E-state index is -1.61. The van der Waals surface area contributed by atoms with Crippen molar-refractivity contribution in [2.75, 3.05) is 4.05 Å². The van der Waals surface area contributed by atoms with Gasteiger partial charge in [-0.25, -0.2) is 8.78 Å². The van der Waals surface area contributed by atoms with Gasteiger partial charge in [-0.3, -0.25) is 0 Å². The van der Waals surface area contributed by atoms with Crippen LogP contribution in [0.5, 0.6) is 0 Å². The Kier molecular flexibility index (Phi) is 6.18. The van der Waals surface area contributed by atoms with Gasteiger partial charge in [-0.05, 0) is 34.4 Å². The fourth-order valence-electron chi connectivity index (χ4n) is 3.35. The monoisotopic (exact) mass is 460 g/mol. The first-order valence-corrected chi connectivity index (χ1v) is 15.7. The average molecular weight is 460 g/mol. The summed E-state index contributed by atoms with van der Waals surface area (Å²) >= 11 is 2.49. The van der Waals surface area contributed by atoms with Crippen LogP contribution >= 0.6 is 22.6 Å². The van der Waals surface area contributed by atoms with E-state index in [1.807, 2.05) is 24.3 Å². The Labute approximate surface area is 153 Å². The summed E-state index contributed by atoms with van der Waals surface area (Å²) in [6.07, 6.45) is 0. The molecule has 0 N–H and O–H groups in total. The molecule has 0 spiro atoms. The molecular weight excluding hydrogens is 437 g/mol. The van der Waals surface area contributed by atoms with Crippen molar-refractivity contribution in [3.63, 3.8) is 0 Å². The van der Waals surface area contributed by atoms with Crippen LogP contribution in [0.3, 0.4) is 0 Å². The number of benzene rings is 2. The number of halogens is 3. The van der Waals surface area contributed by atoms with Gasteiger partial charge in [0.25, 0.3) is 0 Å². The molecule has 2 aromatic carbocycles. The normalized spacial score (nSPS) is 14.5. The Morgan fingerprint density at radius 3 is 1.78 bits per heavy atom. The Morgan fingerprint density at radius 1 is 0.826 bits per heavy atom. The van der Waals surface area contributed by atoms with Crippen LogP contribution in [-0.4, -0.2) is 20.2 Å². The van der Waals surface area contributed by atoms with Gasteiger partial charge in [0, 0.05) is 8.07 Å². The van der Waals surface area contributed by atoms with Crippen molar-refractivity contribution in [1.29, 1.82) is 0 Å². The number of rotatable bonds is 6. The summed E-state index contributed by atoms with van der Waals surface area (Å²) in [7, 11) is -3.09. The Morgan fingerprint density at radius 2 is 1.30 bits per heavy atom. The molecule has 0 heterocycles. The molecule has 0 radical (unpaired) electrons. The maximum Gasteiger partial charge on any atom is 0.123 e. The molecule has 1 unspecified atom stereocenters. The zero-order valence-corrected chi connectivity index (χ0v) is 18.0. The largest absolute Gasteiger partial charge is 0.207 e. The van der Waals surface area contributed by atoms with E-state index in [9.17, 15) is 8.78 Å². The van der Waals surface area contributed by atoms with E-state index in [2.05, 4.69) is 42.2 Å². The predicted molar refractivity (Wildman–Crippen MR) is 109 cm³/mol. The molecule has 0 saturated heterocycles. The zero-order valence-electron chi connectivity index (χ0n) is 13.9. The van der Waals surface area contributed by atoms with Crippen molar-refractivity contribution in [1.82, 2.24) is 0 Å². The maximum atomic E-state index is 13.2. The fraction of sp³-hybridized carbons (Fsp3) is 0.333. The van der Waals surface area contributed by atoms with Gasteiger partial charge >= 0.3 is 0 Å². The van der Waals surface area contributed by atoms with Gasteiger partial charge in [0.1, 0.15) is 11.6 Å². The molecule has 0 aliphatic heterocycles. The van der Waals surface area contributed by atoms with E-state index in [-0.39, 0.29) is 11.6 Å². The second-order valence-electron chi connectivity index (χ2n) is 7.35. The van der Waals surface area contributed by atoms with Crippen LogP contribution in [0.1, 0.15) is 5.56 Å². The Hall–Kier alpha value is -0.536. The molecule has 124 valence electrons. The molecule has 0 saturated carbocycles. The SMILES string of the molecule is C[Si](C)(Cc1ccc(F)cc1)C[Si](C)(CI)c1ccc(F)cc1. The van der Waals surface area contributed by atoms with Crippen LogP contribution in [0, 0.1) is 11.6 Å². The Bertz CT molecular complexity index is 641. The first-order chi connectivity index (χ1) is 10.7. The number of alkyl halides is 1. The lowest BCUT2D eigenvalue weighted by molar-refractivity contribution is 0.627. The van der Waals surface area contributed by atoms with Gasteiger partial charge in [-0.1, -0.05) is 82.9 Å². The lowest BCUT2D eigenvalue weighted by Gasteiger charge is -2.34. The van der Waals surface area contributed by atoms with Crippen LogP contribution in [0.2, 0.25) is 25.3 Å². The van der Waals surface area contributed by atoms with E-state index in [1.165, 1.54) is 16.4 Å². The van der Waals surface area contributed by atoms with E-state index < -0.39 is 16.1 Å². The average Bonchev–Trinajstić information content (AvgIpc) is 2.49. The van der Waals surface area contributed by atoms with E-state index in [1.54, 1.807) is 24.3 Å². The second-order valence-corrected chi connectivity index (χ2v) is 19.7. The first kappa shape index (κ1) is 18.8. The second kappa shape index (κ2) is 7.57. The molecule has 5 heteroatoms. The van der Waals surface area contributed by atoms with Gasteiger partial charge in [0.05, 0.1) is 8.07 Å². The van der Waals surface area contributed by atoms with E-state index in [0.717, 1.165) is 10.1 Å². The van der Waals surface area contributed by atoms with Crippen LogP contribution in [0.15, 0.2) is 48.5 Å². The molecule has 1 atom stereocenters. The van der Waals surface area contributed by atoms with Gasteiger partial charge in [0.2, 0.25) is 0 Å². The molecule has 0 aliphatic carbocycles. The Balaban J connectivity index is 2.18. The highest BCUT2D eigenvalue weighted by Crippen LogP contribution is 2.25. The van der Waals surface area contributed by atoms with Gasteiger partial charge < -0.3 is 0 Å². The molecular formula is C18H23F2ISi2. The van der Waals surface area contributed by atoms with Crippen LogP contribution < -0.4 is 5.19 Å². The third-order valence-corrected chi connectivity index (χ3v) is 20.0. The first-order valence-electron chi connectivity index (χ1n) is 7.81. The quantitative estimate of drug-likeness (QED) is 0.314. The lowest BCUT2D eigenvalue weighted by Crippen LogP contribution is -2.53. The van der Waals surface area contributed by atoms with Crippen molar-refractivity contribution in [3.8, 4) is 0 Å². The predicted octanol–water partition coefficient (Wildman–Crippen LogP) is 5.25. The van der Waals surface area contributed by atoms with E-state index in [0.29, 0.717) is 0 Å². The summed E-state index contributed by atoms with van der Waals surface area (Å²) < 4.78 is 27.4. The highest BCUT2D eigenvalue weighted by atomic mass is 127. The highest BCUT2D eigenvalue weighted by Gasteiger charge is 2.36. The summed E-state index contributed by atoms with van der Waals surface area (Å²) in [6, 6.07) is 15.1. The highest BCUT2D eigenvalue weighted by molar-refractivity contribution is 14.1. The topological polar surface area (TPSA) is 0 Å². The molecule has 0 fully saturated rings. The summed E-state index contributed by atoms with van der Waals surface area (Å²) in [6.45, 7) is 7.24. The zero-order chi connectivity index (χ0) is 17.1. The minimum absolute atomic E-state index is 0.165. The minimum Gasteiger partial charge on any atom is -0.207 e. The summed E-state index contributed by atoms with van der Waals surface area (Å²) in [5.74, 6) is -0.340.